The number of rotatable bonds is 34. The minimum atomic E-state index is 0.580. The van der Waals surface area contributed by atoms with Crippen LogP contribution in [0.3, 0.4) is 0 Å². The van der Waals surface area contributed by atoms with Gasteiger partial charge in [0.15, 0.2) is 0 Å². The lowest BCUT2D eigenvalue weighted by Crippen LogP contribution is -2.14. The van der Waals surface area contributed by atoms with Gasteiger partial charge in [-0.25, -0.2) is 0 Å². The van der Waals surface area contributed by atoms with Gasteiger partial charge in [-0.15, -0.1) is 0 Å². The number of alkyl halides is 1. The molecule has 224 valence electrons. The monoisotopic (exact) mass is 644 g/mol. The molecule has 0 aromatic carbocycles. The Hall–Kier alpha value is 0.490. The second kappa shape index (κ2) is 36.5. The van der Waals surface area contributed by atoms with Gasteiger partial charge in [0.2, 0.25) is 0 Å². The molecule has 0 aliphatic heterocycles. The molecule has 37 heavy (non-hydrogen) atoms. The first-order valence-corrected chi connectivity index (χ1v) is 17.0. The van der Waals surface area contributed by atoms with E-state index in [4.69, 9.17) is 28.4 Å². The van der Waals surface area contributed by atoms with Gasteiger partial charge in [-0.05, 0) is 6.42 Å². The average Bonchev–Trinajstić information content (AvgIpc) is 2.91. The van der Waals surface area contributed by atoms with Gasteiger partial charge in [-0.1, -0.05) is 126 Å². The van der Waals surface area contributed by atoms with Crippen molar-refractivity contribution >= 4 is 22.6 Å². The maximum Gasteiger partial charge on any atom is 0.0701 e. The van der Waals surface area contributed by atoms with Crippen molar-refractivity contribution in [3.05, 3.63) is 0 Å². The third-order valence-corrected chi connectivity index (χ3v) is 6.66. The molecule has 0 saturated carbocycles. The lowest BCUT2D eigenvalue weighted by Gasteiger charge is -2.08. The first-order valence-electron chi connectivity index (χ1n) is 15.4. The van der Waals surface area contributed by atoms with Crippen LogP contribution in [-0.4, -0.2) is 83.7 Å². The van der Waals surface area contributed by atoms with Crippen molar-refractivity contribution in [2.24, 2.45) is 0 Å². The molecule has 0 aliphatic carbocycles. The first kappa shape index (κ1) is 37.5. The lowest BCUT2D eigenvalue weighted by atomic mass is 10.0. The minimum Gasteiger partial charge on any atom is -0.379 e. The summed E-state index contributed by atoms with van der Waals surface area (Å²) in [6, 6.07) is 0. The number of hydrogen-bond donors (Lipinski definition) is 0. The molecule has 7 heteroatoms. The summed E-state index contributed by atoms with van der Waals surface area (Å²) in [7, 11) is 0. The molecule has 0 radical (unpaired) electrons. The van der Waals surface area contributed by atoms with Gasteiger partial charge in [0, 0.05) is 11.0 Å². The molecular formula is C30H61IO6. The third-order valence-electron chi connectivity index (χ3n) is 6.22. The van der Waals surface area contributed by atoms with E-state index in [0.717, 1.165) is 17.6 Å². The average molecular weight is 645 g/mol. The van der Waals surface area contributed by atoms with Crippen molar-refractivity contribution < 1.29 is 28.4 Å². The van der Waals surface area contributed by atoms with Gasteiger partial charge in [0.1, 0.15) is 0 Å². The molecule has 0 heterocycles. The summed E-state index contributed by atoms with van der Waals surface area (Å²) in [6.07, 6.45) is 22.4. The van der Waals surface area contributed by atoms with Crippen LogP contribution in [0.25, 0.3) is 0 Å². The fourth-order valence-electron chi connectivity index (χ4n) is 4.01. The maximum absolute atomic E-state index is 5.67. The zero-order chi connectivity index (χ0) is 26.7. The van der Waals surface area contributed by atoms with Crippen LogP contribution in [-0.2, 0) is 28.4 Å². The summed E-state index contributed by atoms with van der Waals surface area (Å²) in [5, 5.41) is 0. The number of unbranched alkanes of at least 4 members (excludes halogenated alkanes) is 15. The first-order chi connectivity index (χ1) is 18.4. The number of halogens is 1. The van der Waals surface area contributed by atoms with E-state index < -0.39 is 0 Å². The van der Waals surface area contributed by atoms with Crippen LogP contribution in [0.4, 0.5) is 0 Å². The van der Waals surface area contributed by atoms with Gasteiger partial charge in [0.05, 0.1) is 72.7 Å². The van der Waals surface area contributed by atoms with Crippen molar-refractivity contribution in [3.8, 4) is 0 Å². The van der Waals surface area contributed by atoms with E-state index >= 15 is 0 Å². The predicted molar refractivity (Wildman–Crippen MR) is 163 cm³/mol. The molecule has 0 rings (SSSR count). The molecule has 0 saturated heterocycles. The summed E-state index contributed by atoms with van der Waals surface area (Å²) >= 11 is 2.29. The van der Waals surface area contributed by atoms with Crippen molar-refractivity contribution in [3.63, 3.8) is 0 Å². The van der Waals surface area contributed by atoms with E-state index in [1.54, 1.807) is 0 Å². The van der Waals surface area contributed by atoms with Gasteiger partial charge < -0.3 is 28.4 Å². The van der Waals surface area contributed by atoms with Crippen LogP contribution in [0.1, 0.15) is 110 Å². The minimum absolute atomic E-state index is 0.580. The van der Waals surface area contributed by atoms with E-state index in [0.29, 0.717) is 66.1 Å². The van der Waals surface area contributed by atoms with Gasteiger partial charge >= 0.3 is 0 Å². The smallest absolute Gasteiger partial charge is 0.0701 e. The standard InChI is InChI=1S/C30H61IO6/c1-2-3-4-5-6-7-8-9-10-11-12-13-14-15-16-17-19-32-21-23-34-25-27-36-29-30-37-28-26-35-24-22-33-20-18-31/h2-30H2,1H3. The molecule has 0 unspecified atom stereocenters. The van der Waals surface area contributed by atoms with Crippen LogP contribution in [0.15, 0.2) is 0 Å². The molecule has 0 aromatic heterocycles. The van der Waals surface area contributed by atoms with Crippen molar-refractivity contribution in [2.75, 3.05) is 83.7 Å². The lowest BCUT2D eigenvalue weighted by molar-refractivity contribution is -0.0161. The fourth-order valence-corrected chi connectivity index (χ4v) is 4.32. The molecule has 6 nitrogen and oxygen atoms in total. The molecule has 0 amide bonds. The Kier molecular flexibility index (Phi) is 37.0. The van der Waals surface area contributed by atoms with Crippen molar-refractivity contribution in [2.45, 2.75) is 110 Å². The number of hydrogen-bond acceptors (Lipinski definition) is 6. The highest BCUT2D eigenvalue weighted by molar-refractivity contribution is 14.1. The Morgan fingerprint density at radius 2 is 0.541 bits per heavy atom. The predicted octanol–water partition coefficient (Wildman–Crippen LogP) is 7.78. The molecular weight excluding hydrogens is 583 g/mol. The number of ether oxygens (including phenoxy) is 6. The molecule has 0 bridgehead atoms. The molecule has 0 aliphatic rings. The highest BCUT2D eigenvalue weighted by Gasteiger charge is 1.96. The van der Waals surface area contributed by atoms with E-state index in [1.807, 2.05) is 0 Å². The Morgan fingerprint density at radius 3 is 0.838 bits per heavy atom. The van der Waals surface area contributed by atoms with Crippen molar-refractivity contribution in [1.29, 1.82) is 0 Å². The molecule has 0 spiro atoms. The van der Waals surface area contributed by atoms with E-state index in [9.17, 15) is 0 Å². The summed E-state index contributed by atoms with van der Waals surface area (Å²) in [5.74, 6) is 0. The Balaban J connectivity index is 3.00. The third kappa shape index (κ3) is 36.5. The summed E-state index contributed by atoms with van der Waals surface area (Å²) < 4.78 is 33.9. The second-order valence-electron chi connectivity index (χ2n) is 9.67. The Morgan fingerprint density at radius 1 is 0.297 bits per heavy atom. The van der Waals surface area contributed by atoms with Crippen LogP contribution in [0.2, 0.25) is 0 Å². The summed E-state index contributed by atoms with van der Waals surface area (Å²) in [4.78, 5) is 0. The van der Waals surface area contributed by atoms with Gasteiger partial charge in [0.25, 0.3) is 0 Å². The van der Waals surface area contributed by atoms with Gasteiger partial charge in [-0.3, -0.25) is 0 Å². The topological polar surface area (TPSA) is 55.4 Å². The summed E-state index contributed by atoms with van der Waals surface area (Å²) in [6.45, 7) is 10.0. The fraction of sp³-hybridized carbons (Fsp3) is 1.00. The zero-order valence-electron chi connectivity index (χ0n) is 24.3. The maximum atomic E-state index is 5.67. The highest BCUT2D eigenvalue weighted by atomic mass is 127. The molecule has 0 atom stereocenters. The second-order valence-corrected chi connectivity index (χ2v) is 10.7. The van der Waals surface area contributed by atoms with E-state index in [2.05, 4.69) is 29.5 Å². The van der Waals surface area contributed by atoms with Crippen LogP contribution in [0, 0.1) is 0 Å². The van der Waals surface area contributed by atoms with E-state index in [1.165, 1.54) is 103 Å². The highest BCUT2D eigenvalue weighted by Crippen LogP contribution is 2.13. The molecule has 0 aromatic rings. The van der Waals surface area contributed by atoms with Gasteiger partial charge in [-0.2, -0.15) is 0 Å². The normalized spacial score (nSPS) is 11.5. The van der Waals surface area contributed by atoms with Crippen molar-refractivity contribution in [1.82, 2.24) is 0 Å². The zero-order valence-corrected chi connectivity index (χ0v) is 26.5. The summed E-state index contributed by atoms with van der Waals surface area (Å²) in [5.41, 5.74) is 0. The van der Waals surface area contributed by atoms with Crippen LogP contribution < -0.4 is 0 Å². The largest absolute Gasteiger partial charge is 0.379 e. The SMILES string of the molecule is CCCCCCCCCCCCCCCCCCOCCOCCOCCOCCOCCOCCI. The Bertz CT molecular complexity index is 355. The molecule has 0 N–H and O–H groups in total. The Labute approximate surface area is 243 Å². The quantitative estimate of drug-likeness (QED) is 0.0405. The molecule has 0 fully saturated rings. The van der Waals surface area contributed by atoms with Crippen LogP contribution >= 0.6 is 22.6 Å². The van der Waals surface area contributed by atoms with Crippen LogP contribution in [0.5, 0.6) is 0 Å². The van der Waals surface area contributed by atoms with E-state index in [-0.39, 0.29) is 0 Å².